The number of aliphatic hydroxyl groups excluding tert-OH is 1. The van der Waals surface area contributed by atoms with Crippen molar-refractivity contribution >= 4 is 5.97 Å². The smallest absolute Gasteiger partial charge is 0.303 e. The summed E-state index contributed by atoms with van der Waals surface area (Å²) in [6.45, 7) is 2.78. The number of carboxylic acid groups (broad SMARTS) is 1. The standard InChI is InChI=1S/C26H43NO3/c1-2-3-7-15-25(28)16-11-5-4-10-14-23(19-20-27)24(21-26(29)30)18-17-22-12-8-6-9-13-22/h6,8-9,11-13,16,23-25,28H,2-5,7,10,14-15,17-21,27H2,1H3,(H,29,30). The number of aryl methyl sites for hydroxylation is 1. The molecule has 0 aliphatic rings. The summed E-state index contributed by atoms with van der Waals surface area (Å²) in [5.74, 6) is -0.185. The molecule has 170 valence electrons. The van der Waals surface area contributed by atoms with Crippen LogP contribution in [0.25, 0.3) is 0 Å². The molecule has 4 N–H and O–H groups in total. The zero-order chi connectivity index (χ0) is 22.0. The van der Waals surface area contributed by atoms with E-state index in [4.69, 9.17) is 5.73 Å². The van der Waals surface area contributed by atoms with Gasteiger partial charge in [0.1, 0.15) is 0 Å². The molecule has 3 unspecified atom stereocenters. The molecule has 0 amide bonds. The van der Waals surface area contributed by atoms with Gasteiger partial charge in [0, 0.05) is 6.42 Å². The van der Waals surface area contributed by atoms with Crippen LogP contribution in [0, 0.1) is 11.8 Å². The quantitative estimate of drug-likeness (QED) is 0.210. The van der Waals surface area contributed by atoms with Crippen LogP contribution in [-0.2, 0) is 11.2 Å². The normalized spacial score (nSPS) is 14.6. The summed E-state index contributed by atoms with van der Waals surface area (Å²) in [6, 6.07) is 10.3. The van der Waals surface area contributed by atoms with Crippen LogP contribution >= 0.6 is 0 Å². The van der Waals surface area contributed by atoms with E-state index >= 15 is 0 Å². The molecule has 4 heteroatoms. The molecule has 1 aromatic rings. The average molecular weight is 418 g/mol. The van der Waals surface area contributed by atoms with Gasteiger partial charge in [-0.15, -0.1) is 0 Å². The minimum atomic E-state index is -0.713. The predicted molar refractivity (Wildman–Crippen MR) is 125 cm³/mol. The van der Waals surface area contributed by atoms with E-state index in [2.05, 4.69) is 25.1 Å². The zero-order valence-corrected chi connectivity index (χ0v) is 18.8. The molecule has 30 heavy (non-hydrogen) atoms. The minimum Gasteiger partial charge on any atom is -0.481 e. The van der Waals surface area contributed by atoms with E-state index in [-0.39, 0.29) is 18.4 Å². The Hall–Kier alpha value is -1.65. The second-order valence-corrected chi connectivity index (χ2v) is 8.50. The average Bonchev–Trinajstić information content (AvgIpc) is 2.73. The first kappa shape index (κ1) is 26.4. The number of carbonyl (C=O) groups is 1. The molecule has 0 bridgehead atoms. The Labute approximate surface area is 183 Å². The predicted octanol–water partition coefficient (Wildman–Crippen LogP) is 5.73. The molecule has 0 saturated heterocycles. The van der Waals surface area contributed by atoms with Crippen molar-refractivity contribution in [3.63, 3.8) is 0 Å². The third kappa shape index (κ3) is 12.8. The first-order valence-corrected chi connectivity index (χ1v) is 11.9. The van der Waals surface area contributed by atoms with E-state index in [1.807, 2.05) is 24.3 Å². The number of nitrogens with two attached hydrogens (primary N) is 1. The van der Waals surface area contributed by atoms with E-state index in [1.165, 1.54) is 18.4 Å². The first-order chi connectivity index (χ1) is 14.6. The number of hydrogen-bond acceptors (Lipinski definition) is 3. The number of hydrogen-bond donors (Lipinski definition) is 3. The maximum Gasteiger partial charge on any atom is 0.303 e. The Balaban J connectivity index is 2.44. The van der Waals surface area contributed by atoms with Crippen LogP contribution in [0.3, 0.4) is 0 Å². The number of aliphatic carboxylic acids is 1. The summed E-state index contributed by atoms with van der Waals surface area (Å²) < 4.78 is 0. The number of allylic oxidation sites excluding steroid dienone is 1. The van der Waals surface area contributed by atoms with Gasteiger partial charge in [0.15, 0.2) is 0 Å². The molecule has 0 aliphatic carbocycles. The van der Waals surface area contributed by atoms with Gasteiger partial charge < -0.3 is 15.9 Å². The van der Waals surface area contributed by atoms with E-state index in [1.54, 1.807) is 0 Å². The summed E-state index contributed by atoms with van der Waals surface area (Å²) in [6.07, 6.45) is 15.0. The van der Waals surface area contributed by atoms with Crippen LogP contribution in [0.2, 0.25) is 0 Å². The fraction of sp³-hybridized carbons (Fsp3) is 0.654. The Morgan fingerprint density at radius 2 is 1.73 bits per heavy atom. The van der Waals surface area contributed by atoms with Crippen LogP contribution in [0.15, 0.2) is 42.5 Å². The molecule has 0 aliphatic heterocycles. The Kier molecular flexibility index (Phi) is 15.0. The SMILES string of the molecule is CCCCCC(O)C=CCCCCC(CCN)C(CCc1ccccc1)CC(=O)O. The van der Waals surface area contributed by atoms with Crippen molar-refractivity contribution in [2.24, 2.45) is 17.6 Å². The van der Waals surface area contributed by atoms with Crippen molar-refractivity contribution in [1.82, 2.24) is 0 Å². The van der Waals surface area contributed by atoms with Gasteiger partial charge in [0.2, 0.25) is 0 Å². The Morgan fingerprint density at radius 3 is 2.40 bits per heavy atom. The largest absolute Gasteiger partial charge is 0.481 e. The number of rotatable bonds is 18. The molecule has 1 aromatic carbocycles. The molecule has 3 atom stereocenters. The number of aliphatic hydroxyl groups is 1. The van der Waals surface area contributed by atoms with Crippen LogP contribution < -0.4 is 5.73 Å². The highest BCUT2D eigenvalue weighted by atomic mass is 16.4. The monoisotopic (exact) mass is 417 g/mol. The highest BCUT2D eigenvalue weighted by Crippen LogP contribution is 2.29. The van der Waals surface area contributed by atoms with E-state index in [0.717, 1.165) is 57.8 Å². The van der Waals surface area contributed by atoms with E-state index in [9.17, 15) is 15.0 Å². The molecule has 0 spiro atoms. The molecule has 0 aromatic heterocycles. The molecule has 4 nitrogen and oxygen atoms in total. The van der Waals surface area contributed by atoms with Gasteiger partial charge in [-0.05, 0) is 62.5 Å². The van der Waals surface area contributed by atoms with Crippen LogP contribution in [0.4, 0.5) is 0 Å². The lowest BCUT2D eigenvalue weighted by Crippen LogP contribution is -2.22. The van der Waals surface area contributed by atoms with Crippen molar-refractivity contribution in [2.75, 3.05) is 6.54 Å². The highest BCUT2D eigenvalue weighted by molar-refractivity contribution is 5.67. The molecule has 0 fully saturated rings. The highest BCUT2D eigenvalue weighted by Gasteiger charge is 2.23. The fourth-order valence-corrected chi connectivity index (χ4v) is 4.18. The van der Waals surface area contributed by atoms with Crippen molar-refractivity contribution < 1.29 is 15.0 Å². The molecule has 1 rings (SSSR count). The Bertz CT molecular complexity index is 573. The van der Waals surface area contributed by atoms with Gasteiger partial charge in [-0.2, -0.15) is 0 Å². The lowest BCUT2D eigenvalue weighted by Gasteiger charge is -2.26. The topological polar surface area (TPSA) is 83.5 Å². The zero-order valence-electron chi connectivity index (χ0n) is 18.8. The molecule has 0 saturated carbocycles. The number of unbranched alkanes of at least 4 members (excludes halogenated alkanes) is 4. The summed E-state index contributed by atoms with van der Waals surface area (Å²) in [7, 11) is 0. The van der Waals surface area contributed by atoms with Gasteiger partial charge in [0.05, 0.1) is 6.10 Å². The van der Waals surface area contributed by atoms with Gasteiger partial charge in [-0.1, -0.05) is 81.5 Å². The third-order valence-electron chi connectivity index (χ3n) is 5.94. The number of carboxylic acids is 1. The van der Waals surface area contributed by atoms with Crippen LogP contribution in [-0.4, -0.2) is 28.8 Å². The van der Waals surface area contributed by atoms with E-state index in [0.29, 0.717) is 12.5 Å². The van der Waals surface area contributed by atoms with Crippen LogP contribution in [0.1, 0.15) is 83.1 Å². The minimum absolute atomic E-state index is 0.169. The summed E-state index contributed by atoms with van der Waals surface area (Å²) in [5.41, 5.74) is 7.12. The molecule has 0 heterocycles. The van der Waals surface area contributed by atoms with Crippen molar-refractivity contribution in [2.45, 2.75) is 90.1 Å². The lowest BCUT2D eigenvalue weighted by atomic mass is 9.80. The Morgan fingerprint density at radius 1 is 1.00 bits per heavy atom. The van der Waals surface area contributed by atoms with Crippen molar-refractivity contribution in [1.29, 1.82) is 0 Å². The summed E-state index contributed by atoms with van der Waals surface area (Å²) in [4.78, 5) is 11.4. The van der Waals surface area contributed by atoms with Gasteiger partial charge in [-0.3, -0.25) is 4.79 Å². The second kappa shape index (κ2) is 17.1. The first-order valence-electron chi connectivity index (χ1n) is 11.9. The summed E-state index contributed by atoms with van der Waals surface area (Å²) in [5, 5.41) is 19.3. The van der Waals surface area contributed by atoms with Gasteiger partial charge in [-0.25, -0.2) is 0 Å². The van der Waals surface area contributed by atoms with Crippen LogP contribution in [0.5, 0.6) is 0 Å². The second-order valence-electron chi connectivity index (χ2n) is 8.50. The molecule has 0 radical (unpaired) electrons. The van der Waals surface area contributed by atoms with Gasteiger partial charge >= 0.3 is 5.97 Å². The van der Waals surface area contributed by atoms with Crippen molar-refractivity contribution in [3.05, 3.63) is 48.0 Å². The van der Waals surface area contributed by atoms with Gasteiger partial charge in [0.25, 0.3) is 0 Å². The fourth-order valence-electron chi connectivity index (χ4n) is 4.18. The van der Waals surface area contributed by atoms with E-state index < -0.39 is 5.97 Å². The summed E-state index contributed by atoms with van der Waals surface area (Å²) >= 11 is 0. The maximum atomic E-state index is 11.4. The lowest BCUT2D eigenvalue weighted by molar-refractivity contribution is -0.138. The maximum absolute atomic E-state index is 11.4. The molecular formula is C26H43NO3. The molecular weight excluding hydrogens is 374 g/mol. The third-order valence-corrected chi connectivity index (χ3v) is 5.94. The number of benzene rings is 1. The van der Waals surface area contributed by atoms with Crippen molar-refractivity contribution in [3.8, 4) is 0 Å².